The number of amides is 1. The van der Waals surface area contributed by atoms with Gasteiger partial charge in [-0.05, 0) is 38.2 Å². The van der Waals surface area contributed by atoms with Gasteiger partial charge in [0.1, 0.15) is 5.82 Å². The van der Waals surface area contributed by atoms with Crippen LogP contribution in [-0.4, -0.2) is 33.4 Å². The standard InChI is InChI=1S/C19H25N3O/c1-15-4-3-5-18(12-15)13-19(23)21-9-6-17(7-10-21)14-22-11-8-20-16(22)2/h3-5,8,11-12,17H,6-7,9-10,13-14H2,1-2H3. The monoisotopic (exact) mass is 311 g/mol. The first-order chi connectivity index (χ1) is 11.1. The van der Waals surface area contributed by atoms with E-state index in [9.17, 15) is 4.79 Å². The van der Waals surface area contributed by atoms with E-state index in [1.54, 1.807) is 0 Å². The van der Waals surface area contributed by atoms with Gasteiger partial charge in [0.15, 0.2) is 0 Å². The first-order valence-corrected chi connectivity index (χ1v) is 8.43. The number of benzene rings is 1. The molecule has 122 valence electrons. The van der Waals surface area contributed by atoms with Crippen molar-refractivity contribution in [3.8, 4) is 0 Å². The summed E-state index contributed by atoms with van der Waals surface area (Å²) in [6, 6.07) is 8.24. The third kappa shape index (κ3) is 4.01. The number of hydrogen-bond donors (Lipinski definition) is 0. The molecule has 4 heteroatoms. The fourth-order valence-corrected chi connectivity index (χ4v) is 3.35. The van der Waals surface area contributed by atoms with Gasteiger partial charge in [-0.15, -0.1) is 0 Å². The van der Waals surface area contributed by atoms with E-state index in [0.29, 0.717) is 12.3 Å². The molecule has 0 atom stereocenters. The highest BCUT2D eigenvalue weighted by Gasteiger charge is 2.23. The molecular formula is C19H25N3O. The van der Waals surface area contributed by atoms with Crippen molar-refractivity contribution in [1.82, 2.24) is 14.5 Å². The van der Waals surface area contributed by atoms with Crippen LogP contribution in [0.3, 0.4) is 0 Å². The van der Waals surface area contributed by atoms with Gasteiger partial charge in [0.25, 0.3) is 0 Å². The Morgan fingerprint density at radius 2 is 2.04 bits per heavy atom. The first-order valence-electron chi connectivity index (χ1n) is 8.43. The van der Waals surface area contributed by atoms with Crippen molar-refractivity contribution in [2.45, 2.75) is 39.7 Å². The maximum atomic E-state index is 12.5. The highest BCUT2D eigenvalue weighted by Crippen LogP contribution is 2.20. The molecule has 0 saturated carbocycles. The lowest BCUT2D eigenvalue weighted by Gasteiger charge is -2.32. The van der Waals surface area contributed by atoms with Crippen molar-refractivity contribution >= 4 is 5.91 Å². The molecule has 1 aromatic carbocycles. The quantitative estimate of drug-likeness (QED) is 0.870. The smallest absolute Gasteiger partial charge is 0.226 e. The fraction of sp³-hybridized carbons (Fsp3) is 0.474. The number of carbonyl (C=O) groups excluding carboxylic acids is 1. The molecule has 1 fully saturated rings. The average Bonchev–Trinajstić information content (AvgIpc) is 2.93. The minimum Gasteiger partial charge on any atom is -0.342 e. The summed E-state index contributed by atoms with van der Waals surface area (Å²) in [6.07, 6.45) is 6.59. The van der Waals surface area contributed by atoms with Gasteiger partial charge in [0, 0.05) is 32.0 Å². The summed E-state index contributed by atoms with van der Waals surface area (Å²) in [5.41, 5.74) is 2.33. The van der Waals surface area contributed by atoms with E-state index in [1.165, 1.54) is 5.56 Å². The number of piperidine rings is 1. The normalized spacial score (nSPS) is 15.8. The van der Waals surface area contributed by atoms with E-state index in [4.69, 9.17) is 0 Å². The van der Waals surface area contributed by atoms with Crippen molar-refractivity contribution < 1.29 is 4.79 Å². The SMILES string of the molecule is Cc1cccc(CC(=O)N2CCC(Cn3ccnc3C)CC2)c1. The summed E-state index contributed by atoms with van der Waals surface area (Å²) in [7, 11) is 0. The molecule has 1 aromatic heterocycles. The molecule has 4 nitrogen and oxygen atoms in total. The van der Waals surface area contributed by atoms with Gasteiger partial charge < -0.3 is 9.47 Å². The van der Waals surface area contributed by atoms with Crippen LogP contribution in [0, 0.1) is 19.8 Å². The molecule has 2 heterocycles. The van der Waals surface area contributed by atoms with Crippen LogP contribution in [0.15, 0.2) is 36.7 Å². The largest absolute Gasteiger partial charge is 0.342 e. The maximum Gasteiger partial charge on any atom is 0.226 e. The molecule has 1 saturated heterocycles. The molecule has 0 aliphatic carbocycles. The second kappa shape index (κ2) is 6.99. The third-order valence-electron chi connectivity index (χ3n) is 4.78. The van der Waals surface area contributed by atoms with Crippen molar-refractivity contribution in [3.05, 3.63) is 53.6 Å². The lowest BCUT2D eigenvalue weighted by atomic mass is 9.96. The lowest BCUT2D eigenvalue weighted by molar-refractivity contribution is -0.131. The van der Waals surface area contributed by atoms with Gasteiger partial charge in [-0.25, -0.2) is 4.98 Å². The van der Waals surface area contributed by atoms with Crippen molar-refractivity contribution in [3.63, 3.8) is 0 Å². The molecular weight excluding hydrogens is 286 g/mol. The lowest BCUT2D eigenvalue weighted by Crippen LogP contribution is -2.40. The second-order valence-electron chi connectivity index (χ2n) is 6.62. The van der Waals surface area contributed by atoms with E-state index in [0.717, 1.165) is 43.9 Å². The Balaban J connectivity index is 1.50. The molecule has 1 aliphatic rings. The Hall–Kier alpha value is -2.10. The topological polar surface area (TPSA) is 38.1 Å². The van der Waals surface area contributed by atoms with E-state index < -0.39 is 0 Å². The zero-order valence-electron chi connectivity index (χ0n) is 14.0. The molecule has 1 aliphatic heterocycles. The summed E-state index contributed by atoms with van der Waals surface area (Å²) in [5.74, 6) is 1.97. The van der Waals surface area contributed by atoms with Gasteiger partial charge >= 0.3 is 0 Å². The summed E-state index contributed by atoms with van der Waals surface area (Å²) in [4.78, 5) is 18.8. The van der Waals surface area contributed by atoms with Crippen LogP contribution < -0.4 is 0 Å². The Labute approximate surface area is 138 Å². The molecule has 23 heavy (non-hydrogen) atoms. The predicted molar refractivity (Wildman–Crippen MR) is 91.2 cm³/mol. The zero-order valence-corrected chi connectivity index (χ0v) is 14.0. The van der Waals surface area contributed by atoms with Crippen molar-refractivity contribution in [1.29, 1.82) is 0 Å². The average molecular weight is 311 g/mol. The van der Waals surface area contributed by atoms with Crippen LogP contribution in [-0.2, 0) is 17.8 Å². The summed E-state index contributed by atoms with van der Waals surface area (Å²) in [5, 5.41) is 0. The highest BCUT2D eigenvalue weighted by atomic mass is 16.2. The molecule has 0 spiro atoms. The minimum absolute atomic E-state index is 0.257. The summed E-state index contributed by atoms with van der Waals surface area (Å²) in [6.45, 7) is 6.88. The van der Waals surface area contributed by atoms with E-state index in [-0.39, 0.29) is 5.91 Å². The Kier molecular flexibility index (Phi) is 4.79. The first kappa shape index (κ1) is 15.8. The second-order valence-corrected chi connectivity index (χ2v) is 6.62. The minimum atomic E-state index is 0.257. The third-order valence-corrected chi connectivity index (χ3v) is 4.78. The van der Waals surface area contributed by atoms with Gasteiger partial charge in [-0.3, -0.25) is 4.79 Å². The molecule has 3 rings (SSSR count). The van der Waals surface area contributed by atoms with Crippen molar-refractivity contribution in [2.24, 2.45) is 5.92 Å². The van der Waals surface area contributed by atoms with Crippen LogP contribution in [0.2, 0.25) is 0 Å². The number of carbonyl (C=O) groups is 1. The number of hydrogen-bond acceptors (Lipinski definition) is 2. The molecule has 0 N–H and O–H groups in total. The molecule has 1 amide bonds. The van der Waals surface area contributed by atoms with Gasteiger partial charge in [0.2, 0.25) is 5.91 Å². The Bertz CT molecular complexity index is 669. The number of likely N-dealkylation sites (tertiary alicyclic amines) is 1. The van der Waals surface area contributed by atoms with Gasteiger partial charge in [-0.2, -0.15) is 0 Å². The van der Waals surface area contributed by atoms with Crippen LogP contribution >= 0.6 is 0 Å². The summed E-state index contributed by atoms with van der Waals surface area (Å²) < 4.78 is 2.22. The number of aromatic nitrogens is 2. The molecule has 0 unspecified atom stereocenters. The predicted octanol–water partition coefficient (Wildman–Crippen LogP) is 2.98. The molecule has 0 radical (unpaired) electrons. The maximum absolute atomic E-state index is 12.5. The van der Waals surface area contributed by atoms with Crippen LogP contribution in [0.5, 0.6) is 0 Å². The zero-order chi connectivity index (χ0) is 16.2. The Morgan fingerprint density at radius 3 is 2.70 bits per heavy atom. The van der Waals surface area contributed by atoms with Crippen molar-refractivity contribution in [2.75, 3.05) is 13.1 Å². The number of imidazole rings is 1. The number of aryl methyl sites for hydroxylation is 2. The summed E-state index contributed by atoms with van der Waals surface area (Å²) >= 11 is 0. The fourth-order valence-electron chi connectivity index (χ4n) is 3.35. The Morgan fingerprint density at radius 1 is 1.26 bits per heavy atom. The number of nitrogens with zero attached hydrogens (tertiary/aromatic N) is 3. The highest BCUT2D eigenvalue weighted by molar-refractivity contribution is 5.78. The van der Waals surface area contributed by atoms with Crippen LogP contribution in [0.4, 0.5) is 0 Å². The van der Waals surface area contributed by atoms with Gasteiger partial charge in [0.05, 0.1) is 6.42 Å². The van der Waals surface area contributed by atoms with Crippen LogP contribution in [0.1, 0.15) is 29.8 Å². The van der Waals surface area contributed by atoms with E-state index in [1.807, 2.05) is 36.4 Å². The molecule has 0 bridgehead atoms. The number of rotatable bonds is 4. The van der Waals surface area contributed by atoms with E-state index in [2.05, 4.69) is 28.6 Å². The van der Waals surface area contributed by atoms with Crippen LogP contribution in [0.25, 0.3) is 0 Å². The van der Waals surface area contributed by atoms with Gasteiger partial charge in [-0.1, -0.05) is 29.8 Å². The van der Waals surface area contributed by atoms with E-state index >= 15 is 0 Å². The molecule has 2 aromatic rings.